The van der Waals surface area contributed by atoms with Gasteiger partial charge in [0.15, 0.2) is 0 Å². The average molecular weight is 411 g/mol. The zero-order valence-corrected chi connectivity index (χ0v) is 17.5. The average Bonchev–Trinajstić information content (AvgIpc) is 3.28. The Morgan fingerprint density at radius 2 is 2.14 bits per heavy atom. The zero-order valence-electron chi connectivity index (χ0n) is 16.7. The molecule has 0 aliphatic carbocycles. The summed E-state index contributed by atoms with van der Waals surface area (Å²) in [5, 5.41) is 19.6. The van der Waals surface area contributed by atoms with E-state index in [2.05, 4.69) is 6.58 Å². The van der Waals surface area contributed by atoms with Crippen molar-refractivity contribution in [3.05, 3.63) is 12.7 Å². The van der Waals surface area contributed by atoms with Crippen LogP contribution in [0.5, 0.6) is 0 Å². The van der Waals surface area contributed by atoms with Crippen LogP contribution in [0.4, 0.5) is 0 Å². The first-order valence-electron chi connectivity index (χ1n) is 10.00. The van der Waals surface area contributed by atoms with Gasteiger partial charge in [-0.05, 0) is 33.1 Å². The number of hydrogen-bond acceptors (Lipinski definition) is 5. The van der Waals surface area contributed by atoms with Gasteiger partial charge in [0.2, 0.25) is 11.8 Å². The molecule has 3 aliphatic rings. The molecule has 0 radical (unpaired) electrons. The molecule has 28 heavy (non-hydrogen) atoms. The molecular formula is C20H30N2O5S. The summed E-state index contributed by atoms with van der Waals surface area (Å²) in [4.78, 5) is 42.4. The Bertz CT molecular complexity index is 680. The van der Waals surface area contributed by atoms with Crippen LogP contribution >= 0.6 is 11.8 Å². The number of carbonyl (C=O) groups excluding carboxylic acids is 2. The third-order valence-electron chi connectivity index (χ3n) is 6.56. The predicted molar refractivity (Wildman–Crippen MR) is 107 cm³/mol. The fraction of sp³-hybridized carbons (Fsp3) is 0.750. The van der Waals surface area contributed by atoms with E-state index in [1.165, 1.54) is 16.7 Å². The van der Waals surface area contributed by atoms with E-state index in [0.29, 0.717) is 25.8 Å². The lowest BCUT2D eigenvalue weighted by Crippen LogP contribution is -2.58. The molecule has 1 spiro atoms. The van der Waals surface area contributed by atoms with Crippen molar-refractivity contribution in [3.63, 3.8) is 0 Å². The van der Waals surface area contributed by atoms with E-state index >= 15 is 0 Å². The number of rotatable bonds is 8. The number of carbonyl (C=O) groups is 3. The highest BCUT2D eigenvalue weighted by atomic mass is 32.2. The number of fused-ring (bicyclic) bond motifs is 1. The lowest BCUT2D eigenvalue weighted by Gasteiger charge is -2.40. The molecule has 6 atom stereocenters. The molecule has 0 aromatic rings. The summed E-state index contributed by atoms with van der Waals surface area (Å²) in [7, 11) is 0. The molecule has 3 heterocycles. The highest BCUT2D eigenvalue weighted by Gasteiger charge is 2.74. The van der Waals surface area contributed by atoms with Crippen LogP contribution in [0.25, 0.3) is 0 Å². The monoisotopic (exact) mass is 410 g/mol. The quantitative estimate of drug-likeness (QED) is 0.586. The van der Waals surface area contributed by atoms with Gasteiger partial charge in [-0.2, -0.15) is 0 Å². The van der Waals surface area contributed by atoms with Crippen molar-refractivity contribution in [1.29, 1.82) is 0 Å². The second-order valence-electron chi connectivity index (χ2n) is 8.26. The van der Waals surface area contributed by atoms with Gasteiger partial charge in [-0.1, -0.05) is 13.0 Å². The fourth-order valence-corrected chi connectivity index (χ4v) is 7.50. The summed E-state index contributed by atoms with van der Waals surface area (Å²) >= 11 is 1.52. The van der Waals surface area contributed by atoms with Gasteiger partial charge in [0, 0.05) is 17.8 Å². The lowest BCUT2D eigenvalue weighted by atomic mass is 9.71. The molecule has 2 N–H and O–H groups in total. The van der Waals surface area contributed by atoms with Gasteiger partial charge < -0.3 is 20.0 Å². The van der Waals surface area contributed by atoms with Crippen LogP contribution in [0.15, 0.2) is 12.7 Å². The fourth-order valence-electron chi connectivity index (χ4n) is 5.31. The number of amides is 2. The van der Waals surface area contributed by atoms with Crippen molar-refractivity contribution < 1.29 is 24.6 Å². The lowest BCUT2D eigenvalue weighted by molar-refractivity contribution is -0.150. The summed E-state index contributed by atoms with van der Waals surface area (Å²) in [5.41, 5.74) is 0. The van der Waals surface area contributed by atoms with E-state index in [4.69, 9.17) is 0 Å². The number of aliphatic hydroxyl groups excluding tert-OH is 1. The van der Waals surface area contributed by atoms with Crippen molar-refractivity contribution >= 4 is 29.5 Å². The van der Waals surface area contributed by atoms with Crippen LogP contribution < -0.4 is 0 Å². The van der Waals surface area contributed by atoms with Gasteiger partial charge in [0.1, 0.15) is 6.04 Å². The number of aliphatic carboxylic acids is 1. The molecule has 2 bridgehead atoms. The molecule has 0 saturated carbocycles. The van der Waals surface area contributed by atoms with Gasteiger partial charge in [0.05, 0.1) is 29.2 Å². The second-order valence-corrected chi connectivity index (χ2v) is 9.86. The van der Waals surface area contributed by atoms with Gasteiger partial charge in [-0.15, -0.1) is 18.3 Å². The maximum Gasteiger partial charge on any atom is 0.308 e. The second kappa shape index (κ2) is 7.71. The Morgan fingerprint density at radius 1 is 1.46 bits per heavy atom. The standard InChI is InChI=1S/C20H30N2O5S/c1-5-9-21(11(3)4)18(25)16-20-8-7-13(28-20)14(19(26)27)15(20)17(24)22(16)12(6-2)10-23/h5,11-16,23H,1,6-10H2,2-4H3,(H,26,27)/t12-,13-,14+,15-,16?,20?/m0/s1. The molecule has 2 amide bonds. The Hall–Kier alpha value is -1.54. The van der Waals surface area contributed by atoms with E-state index in [9.17, 15) is 24.6 Å². The molecule has 2 unspecified atom stereocenters. The first-order valence-corrected chi connectivity index (χ1v) is 10.9. The molecule has 156 valence electrons. The van der Waals surface area contributed by atoms with E-state index in [1.54, 1.807) is 11.0 Å². The molecule has 3 aliphatic heterocycles. The first-order chi connectivity index (χ1) is 13.2. The molecule has 3 saturated heterocycles. The van der Waals surface area contributed by atoms with E-state index in [-0.39, 0.29) is 29.7 Å². The third-order valence-corrected chi connectivity index (χ3v) is 8.52. The smallest absolute Gasteiger partial charge is 0.308 e. The molecule has 0 aromatic carbocycles. The summed E-state index contributed by atoms with van der Waals surface area (Å²) in [6.45, 7) is 9.56. The third kappa shape index (κ3) is 2.87. The van der Waals surface area contributed by atoms with Crippen LogP contribution in [0.2, 0.25) is 0 Å². The highest BCUT2D eigenvalue weighted by Crippen LogP contribution is 2.66. The Labute approximate surface area is 170 Å². The summed E-state index contributed by atoms with van der Waals surface area (Å²) < 4.78 is -0.723. The molecule has 3 rings (SSSR count). The number of aliphatic hydroxyl groups is 1. The number of nitrogens with zero attached hydrogens (tertiary/aromatic N) is 2. The summed E-state index contributed by atoms with van der Waals surface area (Å²) in [5.74, 6) is -2.90. The Morgan fingerprint density at radius 3 is 2.64 bits per heavy atom. The Balaban J connectivity index is 2.10. The minimum Gasteiger partial charge on any atom is -0.481 e. The number of carboxylic acids is 1. The number of thioether (sulfide) groups is 1. The van der Waals surface area contributed by atoms with Crippen LogP contribution in [0, 0.1) is 11.8 Å². The van der Waals surface area contributed by atoms with Gasteiger partial charge in [0.25, 0.3) is 0 Å². The number of likely N-dealkylation sites (tertiary alicyclic amines) is 1. The van der Waals surface area contributed by atoms with Gasteiger partial charge in [-0.3, -0.25) is 14.4 Å². The van der Waals surface area contributed by atoms with E-state index in [0.717, 1.165) is 0 Å². The summed E-state index contributed by atoms with van der Waals surface area (Å²) in [6, 6.07) is -1.32. The maximum absolute atomic E-state index is 13.7. The van der Waals surface area contributed by atoms with Crippen LogP contribution in [-0.4, -0.2) is 79.1 Å². The summed E-state index contributed by atoms with van der Waals surface area (Å²) in [6.07, 6.45) is 3.51. The van der Waals surface area contributed by atoms with E-state index in [1.807, 2.05) is 20.8 Å². The molecule has 0 aromatic heterocycles. The van der Waals surface area contributed by atoms with Crippen LogP contribution in [0.3, 0.4) is 0 Å². The molecule has 7 nitrogen and oxygen atoms in total. The predicted octanol–water partition coefficient (Wildman–Crippen LogP) is 1.36. The maximum atomic E-state index is 13.7. The first kappa shape index (κ1) is 21.2. The molecule has 3 fully saturated rings. The van der Waals surface area contributed by atoms with Gasteiger partial charge in [-0.25, -0.2) is 0 Å². The molecular weight excluding hydrogens is 380 g/mol. The SMILES string of the molecule is C=CCN(C(=O)C1N([C@@H](CC)CO)C(=O)[C@@H]2[C@H](C(=O)O)[C@@H]3CCC12S3)C(C)C. The minimum absolute atomic E-state index is 0.0778. The molecule has 8 heteroatoms. The minimum atomic E-state index is -0.964. The highest BCUT2D eigenvalue weighted by molar-refractivity contribution is 8.02. The van der Waals surface area contributed by atoms with Crippen molar-refractivity contribution in [2.24, 2.45) is 11.8 Å². The van der Waals surface area contributed by atoms with Crippen LogP contribution in [-0.2, 0) is 14.4 Å². The van der Waals surface area contributed by atoms with E-state index < -0.39 is 34.6 Å². The van der Waals surface area contributed by atoms with Crippen molar-refractivity contribution in [3.8, 4) is 0 Å². The largest absolute Gasteiger partial charge is 0.481 e. The van der Waals surface area contributed by atoms with Crippen molar-refractivity contribution in [1.82, 2.24) is 9.80 Å². The van der Waals surface area contributed by atoms with Crippen molar-refractivity contribution in [2.75, 3.05) is 13.2 Å². The topological polar surface area (TPSA) is 98.2 Å². The van der Waals surface area contributed by atoms with Crippen LogP contribution in [0.1, 0.15) is 40.0 Å². The van der Waals surface area contributed by atoms with Gasteiger partial charge >= 0.3 is 5.97 Å². The number of hydrogen-bond donors (Lipinski definition) is 2. The Kier molecular flexibility index (Phi) is 5.83. The zero-order chi connectivity index (χ0) is 20.8. The van der Waals surface area contributed by atoms with Crippen molar-refractivity contribution in [2.45, 2.75) is 68.2 Å². The number of carboxylic acid groups (broad SMARTS) is 1. The normalized spacial score (nSPS) is 34.6.